The molecule has 1 N–H and O–H groups in total. The minimum atomic E-state index is -0.313. The molecule has 0 amide bonds. The maximum Gasteiger partial charge on any atom is 0.341 e. The van der Waals surface area contributed by atoms with Crippen LogP contribution in [0.15, 0.2) is 42.5 Å². The normalized spacial score (nSPS) is 13.0. The molecule has 3 rings (SSSR count). The number of esters is 1. The zero-order chi connectivity index (χ0) is 23.5. The summed E-state index contributed by atoms with van der Waals surface area (Å²) in [6.45, 7) is 18.0. The Morgan fingerprint density at radius 2 is 1.72 bits per heavy atom. The van der Waals surface area contributed by atoms with Crippen molar-refractivity contribution in [2.45, 2.75) is 66.4 Å². The Morgan fingerprint density at radius 3 is 2.31 bits per heavy atom. The minimum Gasteiger partial charge on any atom is -0.454 e. The molecule has 0 spiro atoms. The van der Waals surface area contributed by atoms with Crippen LogP contribution in [0.2, 0.25) is 0 Å². The summed E-state index contributed by atoms with van der Waals surface area (Å²) < 4.78 is 5.90. The zero-order valence-electron chi connectivity index (χ0n) is 20.7. The van der Waals surface area contributed by atoms with Gasteiger partial charge >= 0.3 is 5.97 Å². The number of hydrogen-bond acceptors (Lipinski definition) is 3. The smallest absolute Gasteiger partial charge is 0.341 e. The highest BCUT2D eigenvalue weighted by atomic mass is 16.5. The number of aryl methyl sites for hydroxylation is 1. The van der Waals surface area contributed by atoms with Crippen LogP contribution in [-0.2, 0) is 16.6 Å². The molecule has 0 aliphatic rings. The fourth-order valence-electron chi connectivity index (χ4n) is 4.16. The van der Waals surface area contributed by atoms with E-state index in [1.807, 2.05) is 13.8 Å². The zero-order valence-corrected chi connectivity index (χ0v) is 20.7. The predicted molar refractivity (Wildman–Crippen MR) is 134 cm³/mol. The van der Waals surface area contributed by atoms with E-state index in [1.54, 1.807) is 0 Å². The van der Waals surface area contributed by atoms with E-state index in [-0.39, 0.29) is 17.5 Å². The first-order valence-electron chi connectivity index (χ1n) is 11.8. The molecule has 3 aromatic rings. The second kappa shape index (κ2) is 9.91. The van der Waals surface area contributed by atoms with Crippen LogP contribution in [-0.4, -0.2) is 35.5 Å². The van der Waals surface area contributed by atoms with Crippen molar-refractivity contribution in [2.24, 2.45) is 0 Å². The summed E-state index contributed by atoms with van der Waals surface area (Å²) >= 11 is 0. The largest absolute Gasteiger partial charge is 0.454 e. The summed E-state index contributed by atoms with van der Waals surface area (Å²) in [5.41, 5.74) is 6.08. The van der Waals surface area contributed by atoms with E-state index >= 15 is 0 Å². The number of aromatic nitrogens is 1. The van der Waals surface area contributed by atoms with Crippen LogP contribution in [0.1, 0.15) is 80.4 Å². The molecule has 1 heterocycles. The Labute approximate surface area is 193 Å². The van der Waals surface area contributed by atoms with E-state index in [1.165, 1.54) is 11.1 Å². The van der Waals surface area contributed by atoms with E-state index in [2.05, 4.69) is 87.0 Å². The van der Waals surface area contributed by atoms with Gasteiger partial charge in [0.2, 0.25) is 0 Å². The molecule has 172 valence electrons. The van der Waals surface area contributed by atoms with Gasteiger partial charge in [-0.25, -0.2) is 4.79 Å². The second-order valence-electron chi connectivity index (χ2n) is 9.70. The molecule has 1 unspecified atom stereocenters. The quantitative estimate of drug-likeness (QED) is 0.408. The number of rotatable bonds is 8. The Kier molecular flexibility index (Phi) is 7.45. The summed E-state index contributed by atoms with van der Waals surface area (Å²) in [7, 11) is 0. The maximum atomic E-state index is 13.2. The summed E-state index contributed by atoms with van der Waals surface area (Å²) in [5.74, 6) is -0.276. The molecule has 0 saturated carbocycles. The van der Waals surface area contributed by atoms with Gasteiger partial charge in [-0.15, -0.1) is 0 Å². The van der Waals surface area contributed by atoms with Crippen molar-refractivity contribution >= 4 is 16.9 Å². The van der Waals surface area contributed by atoms with Crippen LogP contribution < -0.4 is 0 Å². The van der Waals surface area contributed by atoms with Crippen LogP contribution in [0.3, 0.4) is 0 Å². The second-order valence-corrected chi connectivity index (χ2v) is 9.70. The lowest BCUT2D eigenvalue weighted by atomic mass is 9.86. The number of carbonyl (C=O) groups is 1. The summed E-state index contributed by atoms with van der Waals surface area (Å²) in [6.07, 6.45) is 0.652. The van der Waals surface area contributed by atoms with Gasteiger partial charge in [0.1, 0.15) is 6.10 Å². The molecule has 1 atom stereocenters. The summed E-state index contributed by atoms with van der Waals surface area (Å²) in [6, 6.07) is 14.7. The first-order valence-corrected chi connectivity index (χ1v) is 11.8. The van der Waals surface area contributed by atoms with Gasteiger partial charge in [-0.1, -0.05) is 65.0 Å². The molecule has 4 heteroatoms. The molecule has 32 heavy (non-hydrogen) atoms. The minimum absolute atomic E-state index is 0.0998. The number of fused-ring (bicyclic) bond motifs is 1. The lowest BCUT2D eigenvalue weighted by Crippen LogP contribution is -2.25. The Morgan fingerprint density at radius 1 is 1.06 bits per heavy atom. The van der Waals surface area contributed by atoms with Gasteiger partial charge in [0.15, 0.2) is 0 Å². The number of likely N-dealkylation sites (N-methyl/N-ethyl adjacent to an activating group) is 1. The van der Waals surface area contributed by atoms with Gasteiger partial charge < -0.3 is 14.6 Å². The van der Waals surface area contributed by atoms with Gasteiger partial charge in [-0.3, -0.25) is 0 Å². The fraction of sp³-hybridized carbons (Fsp3) is 0.464. The Hall–Kier alpha value is -2.59. The van der Waals surface area contributed by atoms with Crippen molar-refractivity contribution in [2.75, 3.05) is 19.6 Å². The monoisotopic (exact) mass is 434 g/mol. The lowest BCUT2D eigenvalue weighted by molar-refractivity contribution is 0.0339. The standard InChI is InChI=1S/C28H38N2O2/c1-8-30(9-2)17-16-21-10-15-25-24(18-21)26(19(3)29-25)27(31)32-20(4)22-11-13-23(14-12-22)28(5,6)7/h10-15,18,20,29H,8-9,16-17H2,1-7H3. The van der Waals surface area contributed by atoms with Crippen molar-refractivity contribution in [1.29, 1.82) is 0 Å². The van der Waals surface area contributed by atoms with Crippen molar-refractivity contribution in [3.05, 3.63) is 70.4 Å². The first-order chi connectivity index (χ1) is 15.1. The average Bonchev–Trinajstić information content (AvgIpc) is 3.09. The van der Waals surface area contributed by atoms with Crippen LogP contribution in [0.25, 0.3) is 10.9 Å². The van der Waals surface area contributed by atoms with Gasteiger partial charge in [0.25, 0.3) is 0 Å². The maximum absolute atomic E-state index is 13.2. The first kappa shape index (κ1) is 24.1. The van der Waals surface area contributed by atoms with Gasteiger partial charge in [0, 0.05) is 23.1 Å². The third-order valence-electron chi connectivity index (χ3n) is 6.40. The Balaban J connectivity index is 1.79. The van der Waals surface area contributed by atoms with E-state index in [0.29, 0.717) is 5.56 Å². The summed E-state index contributed by atoms with van der Waals surface area (Å²) in [5, 5.41) is 0.944. The van der Waals surface area contributed by atoms with Crippen LogP contribution in [0.4, 0.5) is 0 Å². The number of aromatic amines is 1. The van der Waals surface area contributed by atoms with Gasteiger partial charge in [-0.2, -0.15) is 0 Å². The highest BCUT2D eigenvalue weighted by molar-refractivity contribution is 6.05. The molecule has 0 aliphatic carbocycles. The highest BCUT2D eigenvalue weighted by Crippen LogP contribution is 2.28. The highest BCUT2D eigenvalue weighted by Gasteiger charge is 2.21. The Bertz CT molecular complexity index is 1050. The van der Waals surface area contributed by atoms with Crippen LogP contribution in [0.5, 0.6) is 0 Å². The third kappa shape index (κ3) is 5.42. The van der Waals surface area contributed by atoms with Crippen molar-refractivity contribution in [1.82, 2.24) is 9.88 Å². The number of H-pyrrole nitrogens is 1. The van der Waals surface area contributed by atoms with Crippen molar-refractivity contribution in [3.8, 4) is 0 Å². The van der Waals surface area contributed by atoms with E-state index < -0.39 is 0 Å². The summed E-state index contributed by atoms with van der Waals surface area (Å²) in [4.78, 5) is 18.9. The van der Waals surface area contributed by atoms with E-state index in [0.717, 1.165) is 48.2 Å². The molecule has 2 aromatic carbocycles. The number of carbonyl (C=O) groups excluding carboxylic acids is 1. The fourth-order valence-corrected chi connectivity index (χ4v) is 4.16. The molecule has 0 bridgehead atoms. The molecular weight excluding hydrogens is 396 g/mol. The third-order valence-corrected chi connectivity index (χ3v) is 6.40. The number of nitrogens with one attached hydrogen (secondary N) is 1. The molecule has 0 saturated heterocycles. The van der Waals surface area contributed by atoms with Crippen LogP contribution >= 0.6 is 0 Å². The molecule has 0 fully saturated rings. The SMILES string of the molecule is CCN(CC)CCc1ccc2[nH]c(C)c(C(=O)OC(C)c3ccc(C(C)(C)C)cc3)c2c1. The van der Waals surface area contributed by atoms with Crippen molar-refractivity contribution < 1.29 is 9.53 Å². The predicted octanol–water partition coefficient (Wildman–Crippen LogP) is 6.58. The van der Waals surface area contributed by atoms with E-state index in [9.17, 15) is 4.79 Å². The number of hydrogen-bond donors (Lipinski definition) is 1. The van der Waals surface area contributed by atoms with Crippen molar-refractivity contribution in [3.63, 3.8) is 0 Å². The average molecular weight is 435 g/mol. The molecular formula is C28H38N2O2. The van der Waals surface area contributed by atoms with Crippen LogP contribution in [0, 0.1) is 6.92 Å². The van der Waals surface area contributed by atoms with E-state index in [4.69, 9.17) is 4.74 Å². The number of ether oxygens (including phenoxy) is 1. The molecule has 0 aliphatic heterocycles. The number of nitrogens with zero attached hydrogens (tertiary/aromatic N) is 1. The molecule has 0 radical (unpaired) electrons. The molecule has 4 nitrogen and oxygen atoms in total. The van der Waals surface area contributed by atoms with Gasteiger partial charge in [0.05, 0.1) is 5.56 Å². The van der Waals surface area contributed by atoms with Gasteiger partial charge in [-0.05, 0) is 67.6 Å². The number of benzene rings is 2. The molecule has 1 aromatic heterocycles. The topological polar surface area (TPSA) is 45.3 Å². The lowest BCUT2D eigenvalue weighted by Gasteiger charge is -2.20.